The van der Waals surface area contributed by atoms with Crippen molar-refractivity contribution in [1.82, 2.24) is 0 Å². The molecular formula is C9H9F4PTe. The van der Waals surface area contributed by atoms with Gasteiger partial charge in [-0.05, 0) is 0 Å². The van der Waals surface area contributed by atoms with Gasteiger partial charge in [0.1, 0.15) is 0 Å². The van der Waals surface area contributed by atoms with Crippen LogP contribution in [0, 0.1) is 0 Å². The Kier molecular flexibility index (Phi) is 5.05. The van der Waals surface area contributed by atoms with Crippen molar-refractivity contribution in [2.75, 3.05) is 0 Å². The second-order valence-electron chi connectivity index (χ2n) is 2.68. The summed E-state index contributed by atoms with van der Waals surface area (Å²) >= 11 is 0.143. The van der Waals surface area contributed by atoms with Crippen molar-refractivity contribution in [3.63, 3.8) is 0 Å². The normalized spacial score (nSPS) is 14.9. The first-order valence-electron chi connectivity index (χ1n) is 4.11. The molecule has 0 radical (unpaired) electrons. The first-order chi connectivity index (χ1) is 6.97. The van der Waals surface area contributed by atoms with Crippen LogP contribution in [0.25, 0.3) is 6.08 Å². The summed E-state index contributed by atoms with van der Waals surface area (Å²) in [5, 5.41) is 0. The summed E-state index contributed by atoms with van der Waals surface area (Å²) in [6.45, 7) is 0. The predicted molar refractivity (Wildman–Crippen MR) is 58.4 cm³/mol. The first kappa shape index (κ1) is 13.0. The quantitative estimate of drug-likeness (QED) is 0.379. The minimum absolute atomic E-state index is 0.143. The zero-order valence-electron chi connectivity index (χ0n) is 7.59. The molecule has 15 heavy (non-hydrogen) atoms. The molecule has 6 heteroatoms. The fraction of sp³-hybridized carbons (Fsp3) is 0.111. The van der Waals surface area contributed by atoms with E-state index in [9.17, 15) is 16.8 Å². The van der Waals surface area contributed by atoms with Crippen molar-refractivity contribution in [3.05, 3.63) is 35.9 Å². The average Bonchev–Trinajstić information content (AvgIpc) is 2.16. The molecule has 1 aliphatic rings. The van der Waals surface area contributed by atoms with Gasteiger partial charge in [0.05, 0.1) is 0 Å². The summed E-state index contributed by atoms with van der Waals surface area (Å²) in [6.07, 6.45) is 4.54. The molecule has 0 N–H and O–H groups in total. The van der Waals surface area contributed by atoms with Crippen LogP contribution in [-0.2, 0) is 0 Å². The molecule has 0 aliphatic carbocycles. The summed E-state index contributed by atoms with van der Waals surface area (Å²) in [7, 11) is -6.61. The monoisotopic (exact) mass is 354 g/mol. The Morgan fingerprint density at radius 2 is 1.67 bits per heavy atom. The van der Waals surface area contributed by atoms with Gasteiger partial charge in [0, 0.05) is 0 Å². The van der Waals surface area contributed by atoms with Gasteiger partial charge >= 0.3 is 96.3 Å². The van der Waals surface area contributed by atoms with Gasteiger partial charge < -0.3 is 0 Å². The Labute approximate surface area is 96.3 Å². The molecule has 0 fully saturated rings. The molecule has 1 aromatic rings. The number of halogens is 4. The zero-order chi connectivity index (χ0) is 11.3. The van der Waals surface area contributed by atoms with E-state index >= 15 is 0 Å². The van der Waals surface area contributed by atoms with Crippen molar-refractivity contribution in [1.29, 1.82) is 0 Å². The third kappa shape index (κ3) is 6.14. The molecule has 84 valence electrons. The first-order valence-corrected chi connectivity index (χ1v) is 8.43. The Morgan fingerprint density at radius 1 is 1.07 bits per heavy atom. The SMILES string of the molecule is C1=Cc2ccccc2[Te]C1.F[PH](F)(F)F. The molecule has 0 spiro atoms. The number of fused-ring (bicyclic) bond motifs is 1. The Hall–Kier alpha value is -0.100. The van der Waals surface area contributed by atoms with E-state index in [0.717, 1.165) is 0 Å². The molecule has 1 aromatic carbocycles. The van der Waals surface area contributed by atoms with Crippen LogP contribution in [0.3, 0.4) is 0 Å². The van der Waals surface area contributed by atoms with Crippen LogP contribution in [0.2, 0.25) is 4.47 Å². The summed E-state index contributed by atoms with van der Waals surface area (Å²) < 4.78 is 42.3. The van der Waals surface area contributed by atoms with E-state index in [1.807, 2.05) is 0 Å². The van der Waals surface area contributed by atoms with Crippen LogP contribution in [0.5, 0.6) is 0 Å². The van der Waals surface area contributed by atoms with Crippen LogP contribution in [0.1, 0.15) is 5.56 Å². The van der Waals surface area contributed by atoms with Crippen LogP contribution in [-0.4, -0.2) is 20.9 Å². The summed E-state index contributed by atoms with van der Waals surface area (Å²) in [5.41, 5.74) is 1.45. The van der Waals surface area contributed by atoms with Crippen molar-refractivity contribution < 1.29 is 16.8 Å². The maximum absolute atomic E-state index is 9.83. The van der Waals surface area contributed by atoms with Gasteiger partial charge in [-0.25, -0.2) is 0 Å². The number of rotatable bonds is 0. The van der Waals surface area contributed by atoms with Crippen molar-refractivity contribution in [2.45, 2.75) is 4.47 Å². The fourth-order valence-electron chi connectivity index (χ4n) is 1.06. The van der Waals surface area contributed by atoms with Gasteiger partial charge in [-0.2, -0.15) is 0 Å². The Bertz CT molecular complexity index is 342. The molecule has 0 nitrogen and oxygen atoms in total. The third-order valence-electron chi connectivity index (χ3n) is 1.55. The summed E-state index contributed by atoms with van der Waals surface area (Å²) in [5.74, 6) is 0. The van der Waals surface area contributed by atoms with Gasteiger partial charge in [-0.1, -0.05) is 0 Å². The molecule has 0 atom stereocenters. The topological polar surface area (TPSA) is 0 Å². The van der Waals surface area contributed by atoms with Gasteiger partial charge in [-0.15, -0.1) is 0 Å². The van der Waals surface area contributed by atoms with Gasteiger partial charge in [0.25, 0.3) is 0 Å². The standard InChI is InChI=1S/C9H8Te.F4HP/c1-2-6-9-8(4-1)5-3-7-10-9;1-5(2,3)4/h1-6H,7H2;5H. The van der Waals surface area contributed by atoms with Crippen molar-refractivity contribution in [3.8, 4) is 0 Å². The van der Waals surface area contributed by atoms with Crippen LogP contribution >= 0.6 is 8.51 Å². The third-order valence-corrected chi connectivity index (χ3v) is 4.53. The molecule has 0 unspecified atom stereocenters. The summed E-state index contributed by atoms with van der Waals surface area (Å²) in [6, 6.07) is 8.72. The number of allylic oxidation sites excluding steroid dienone is 1. The zero-order valence-corrected chi connectivity index (χ0v) is 10.9. The molecule has 0 aromatic heterocycles. The number of hydrogen-bond donors (Lipinski definition) is 0. The molecule has 2 rings (SSSR count). The molecule has 0 saturated carbocycles. The molecule has 0 bridgehead atoms. The predicted octanol–water partition coefficient (Wildman–Crippen LogP) is 3.74. The molecule has 1 aliphatic heterocycles. The van der Waals surface area contributed by atoms with Gasteiger partial charge in [0.15, 0.2) is 0 Å². The molecular weight excluding hydrogens is 343 g/mol. The van der Waals surface area contributed by atoms with Gasteiger partial charge in [0.2, 0.25) is 0 Å². The summed E-state index contributed by atoms with van der Waals surface area (Å²) in [4.78, 5) is 0. The second-order valence-corrected chi connectivity index (χ2v) is 6.57. The second kappa shape index (κ2) is 5.84. The maximum atomic E-state index is 9.83. The molecule has 1 heterocycles. The van der Waals surface area contributed by atoms with Crippen LogP contribution in [0.4, 0.5) is 16.8 Å². The van der Waals surface area contributed by atoms with Crippen LogP contribution in [0.15, 0.2) is 30.3 Å². The average molecular weight is 352 g/mol. The van der Waals surface area contributed by atoms with E-state index in [1.54, 1.807) is 3.61 Å². The Balaban J connectivity index is 0.000000195. The van der Waals surface area contributed by atoms with E-state index in [2.05, 4.69) is 36.4 Å². The van der Waals surface area contributed by atoms with Crippen molar-refractivity contribution >= 4 is 39.1 Å². The molecule has 0 saturated heterocycles. The minimum atomic E-state index is -6.61. The fourth-order valence-corrected chi connectivity index (χ4v) is 3.49. The van der Waals surface area contributed by atoms with Gasteiger partial charge in [-0.3, -0.25) is 0 Å². The van der Waals surface area contributed by atoms with E-state index in [4.69, 9.17) is 0 Å². The number of hydrogen-bond acceptors (Lipinski definition) is 0. The molecule has 0 amide bonds. The van der Waals surface area contributed by atoms with E-state index in [-0.39, 0.29) is 20.9 Å². The van der Waals surface area contributed by atoms with E-state index in [0.29, 0.717) is 0 Å². The van der Waals surface area contributed by atoms with E-state index in [1.165, 1.54) is 10.0 Å². The van der Waals surface area contributed by atoms with Crippen molar-refractivity contribution in [2.24, 2.45) is 0 Å². The van der Waals surface area contributed by atoms with Crippen LogP contribution < -0.4 is 3.61 Å². The van der Waals surface area contributed by atoms with E-state index < -0.39 is 8.51 Å². The Morgan fingerprint density at radius 3 is 2.27 bits per heavy atom. The number of benzene rings is 1.